The van der Waals surface area contributed by atoms with Gasteiger partial charge in [0.05, 0.1) is 29.8 Å². The van der Waals surface area contributed by atoms with Gasteiger partial charge in [0.25, 0.3) is 5.69 Å². The van der Waals surface area contributed by atoms with Crippen LogP contribution in [-0.4, -0.2) is 21.9 Å². The number of aromatic nitrogens is 2. The van der Waals surface area contributed by atoms with Crippen LogP contribution in [0, 0.1) is 10.1 Å². The molecule has 8 heteroatoms. The van der Waals surface area contributed by atoms with Gasteiger partial charge in [-0.05, 0) is 0 Å². The summed E-state index contributed by atoms with van der Waals surface area (Å²) < 4.78 is 5.44. The molecule has 0 aliphatic carbocycles. The van der Waals surface area contributed by atoms with Crippen LogP contribution in [0.25, 0.3) is 0 Å². The standard InChI is InChI=1S/C12H15N5O3/c1-3-9-6-15-12(20-9)7-14-11-5-8(17(18)19)4-10(13-2)16-11/h4-6H,3,7H2,1-2H3,(H2,13,14,16). The largest absolute Gasteiger partial charge is 0.444 e. The molecule has 106 valence electrons. The third-order valence-corrected chi connectivity index (χ3v) is 2.65. The van der Waals surface area contributed by atoms with Gasteiger partial charge in [-0.15, -0.1) is 0 Å². The SMILES string of the molecule is CCc1cnc(CNc2cc([N+](=O)[O-])cc(NC)n2)o1. The van der Waals surface area contributed by atoms with Crippen molar-refractivity contribution in [2.24, 2.45) is 0 Å². The van der Waals surface area contributed by atoms with Crippen LogP contribution in [-0.2, 0) is 13.0 Å². The van der Waals surface area contributed by atoms with Gasteiger partial charge in [0.15, 0.2) is 0 Å². The third kappa shape index (κ3) is 3.22. The molecule has 2 heterocycles. The zero-order valence-corrected chi connectivity index (χ0v) is 11.2. The summed E-state index contributed by atoms with van der Waals surface area (Å²) in [5, 5.41) is 16.6. The highest BCUT2D eigenvalue weighted by Gasteiger charge is 2.11. The number of nitrogens with one attached hydrogen (secondary N) is 2. The van der Waals surface area contributed by atoms with Gasteiger partial charge in [-0.25, -0.2) is 9.97 Å². The van der Waals surface area contributed by atoms with E-state index < -0.39 is 4.92 Å². The van der Waals surface area contributed by atoms with E-state index in [0.29, 0.717) is 24.1 Å². The van der Waals surface area contributed by atoms with Crippen LogP contribution in [0.5, 0.6) is 0 Å². The second kappa shape index (κ2) is 6.00. The minimum absolute atomic E-state index is 0.0338. The van der Waals surface area contributed by atoms with Crippen LogP contribution in [0.15, 0.2) is 22.7 Å². The van der Waals surface area contributed by atoms with Crippen molar-refractivity contribution in [2.45, 2.75) is 19.9 Å². The van der Waals surface area contributed by atoms with E-state index in [9.17, 15) is 10.1 Å². The first kappa shape index (κ1) is 13.8. The second-order valence-corrected chi connectivity index (χ2v) is 4.03. The minimum Gasteiger partial charge on any atom is -0.444 e. The highest BCUT2D eigenvalue weighted by molar-refractivity contribution is 5.54. The molecule has 0 aliphatic rings. The summed E-state index contributed by atoms with van der Waals surface area (Å²) in [6, 6.07) is 2.73. The van der Waals surface area contributed by atoms with Gasteiger partial charge >= 0.3 is 0 Å². The van der Waals surface area contributed by atoms with Gasteiger partial charge in [-0.1, -0.05) is 6.92 Å². The quantitative estimate of drug-likeness (QED) is 0.615. The van der Waals surface area contributed by atoms with Crippen LogP contribution < -0.4 is 10.6 Å². The number of oxazole rings is 1. The van der Waals surface area contributed by atoms with Crippen molar-refractivity contribution in [1.82, 2.24) is 9.97 Å². The lowest BCUT2D eigenvalue weighted by Gasteiger charge is -2.05. The molecule has 0 radical (unpaired) electrons. The van der Waals surface area contributed by atoms with Crippen molar-refractivity contribution in [1.29, 1.82) is 0 Å². The molecule has 2 aromatic heterocycles. The number of nitro groups is 1. The van der Waals surface area contributed by atoms with E-state index in [4.69, 9.17) is 4.42 Å². The number of anilines is 2. The molecular weight excluding hydrogens is 262 g/mol. The van der Waals surface area contributed by atoms with Crippen LogP contribution in [0.3, 0.4) is 0 Å². The number of hydrogen-bond acceptors (Lipinski definition) is 7. The van der Waals surface area contributed by atoms with Gasteiger partial charge in [0.2, 0.25) is 5.89 Å². The maximum absolute atomic E-state index is 10.8. The number of rotatable bonds is 6. The molecule has 0 spiro atoms. The van der Waals surface area contributed by atoms with Crippen LogP contribution in [0.1, 0.15) is 18.6 Å². The molecule has 8 nitrogen and oxygen atoms in total. The fourth-order valence-corrected chi connectivity index (χ4v) is 1.60. The lowest BCUT2D eigenvalue weighted by atomic mass is 10.3. The fourth-order valence-electron chi connectivity index (χ4n) is 1.60. The predicted octanol–water partition coefficient (Wildman–Crippen LogP) is 2.19. The first-order valence-electron chi connectivity index (χ1n) is 6.14. The summed E-state index contributed by atoms with van der Waals surface area (Å²) in [6.45, 7) is 2.29. The van der Waals surface area contributed by atoms with E-state index in [1.165, 1.54) is 12.1 Å². The van der Waals surface area contributed by atoms with Gasteiger partial charge in [0, 0.05) is 13.5 Å². The van der Waals surface area contributed by atoms with Crippen molar-refractivity contribution < 1.29 is 9.34 Å². The molecule has 0 bridgehead atoms. The van der Waals surface area contributed by atoms with Crippen LogP contribution in [0.2, 0.25) is 0 Å². The monoisotopic (exact) mass is 277 g/mol. The Morgan fingerprint density at radius 3 is 2.75 bits per heavy atom. The zero-order valence-electron chi connectivity index (χ0n) is 11.2. The molecule has 0 unspecified atom stereocenters. The normalized spacial score (nSPS) is 10.3. The molecule has 2 rings (SSSR count). The number of hydrogen-bond donors (Lipinski definition) is 2. The van der Waals surface area contributed by atoms with E-state index in [-0.39, 0.29) is 5.69 Å². The molecule has 0 aromatic carbocycles. The Balaban J connectivity index is 2.12. The number of nitrogens with zero attached hydrogens (tertiary/aromatic N) is 3. The summed E-state index contributed by atoms with van der Waals surface area (Å²) in [7, 11) is 1.65. The van der Waals surface area contributed by atoms with Crippen molar-refractivity contribution in [2.75, 3.05) is 17.7 Å². The molecule has 2 N–H and O–H groups in total. The lowest BCUT2D eigenvalue weighted by molar-refractivity contribution is -0.384. The molecule has 2 aromatic rings. The molecule has 0 fully saturated rings. The van der Waals surface area contributed by atoms with Crippen molar-refractivity contribution >= 4 is 17.3 Å². The van der Waals surface area contributed by atoms with Crippen molar-refractivity contribution in [3.63, 3.8) is 0 Å². The molecule has 0 amide bonds. The fraction of sp³-hybridized carbons (Fsp3) is 0.333. The van der Waals surface area contributed by atoms with Gasteiger partial charge in [-0.2, -0.15) is 0 Å². The van der Waals surface area contributed by atoms with Crippen LogP contribution >= 0.6 is 0 Å². The number of pyridine rings is 1. The van der Waals surface area contributed by atoms with Gasteiger partial charge < -0.3 is 15.1 Å². The Morgan fingerprint density at radius 2 is 2.15 bits per heavy atom. The summed E-state index contributed by atoms with van der Waals surface area (Å²) >= 11 is 0. The molecule has 0 saturated carbocycles. The molecule has 0 saturated heterocycles. The van der Waals surface area contributed by atoms with Crippen molar-refractivity contribution in [3.05, 3.63) is 40.1 Å². The Labute approximate surface area is 115 Å². The third-order valence-electron chi connectivity index (χ3n) is 2.65. The molecule has 0 atom stereocenters. The Morgan fingerprint density at radius 1 is 1.40 bits per heavy atom. The maximum atomic E-state index is 10.8. The summed E-state index contributed by atoms with van der Waals surface area (Å²) in [5.74, 6) is 2.12. The van der Waals surface area contributed by atoms with E-state index in [1.807, 2.05) is 6.92 Å². The minimum atomic E-state index is -0.464. The van der Waals surface area contributed by atoms with Crippen molar-refractivity contribution in [3.8, 4) is 0 Å². The molecule has 20 heavy (non-hydrogen) atoms. The van der Waals surface area contributed by atoms with Gasteiger partial charge in [0.1, 0.15) is 17.4 Å². The average Bonchev–Trinajstić information content (AvgIpc) is 2.92. The highest BCUT2D eigenvalue weighted by atomic mass is 16.6. The zero-order chi connectivity index (χ0) is 14.5. The number of aryl methyl sites for hydroxylation is 1. The predicted molar refractivity (Wildman–Crippen MR) is 73.6 cm³/mol. The van der Waals surface area contributed by atoms with E-state index in [0.717, 1.165) is 12.2 Å². The van der Waals surface area contributed by atoms with Crippen LogP contribution in [0.4, 0.5) is 17.3 Å². The Bertz CT molecular complexity index is 611. The molecule has 0 aliphatic heterocycles. The first-order chi connectivity index (χ1) is 9.62. The first-order valence-corrected chi connectivity index (χ1v) is 6.14. The van der Waals surface area contributed by atoms with E-state index >= 15 is 0 Å². The maximum Gasteiger partial charge on any atom is 0.276 e. The van der Waals surface area contributed by atoms with E-state index in [2.05, 4.69) is 20.6 Å². The Kier molecular flexibility index (Phi) is 4.14. The van der Waals surface area contributed by atoms with Gasteiger partial charge in [-0.3, -0.25) is 10.1 Å². The smallest absolute Gasteiger partial charge is 0.276 e. The Hall–Kier alpha value is -2.64. The average molecular weight is 277 g/mol. The summed E-state index contributed by atoms with van der Waals surface area (Å²) in [5.41, 5.74) is -0.0338. The molecular formula is C12H15N5O3. The summed E-state index contributed by atoms with van der Waals surface area (Å²) in [4.78, 5) is 18.6. The topological polar surface area (TPSA) is 106 Å². The second-order valence-electron chi connectivity index (χ2n) is 4.03. The highest BCUT2D eigenvalue weighted by Crippen LogP contribution is 2.20. The lowest BCUT2D eigenvalue weighted by Crippen LogP contribution is -2.04. The summed E-state index contributed by atoms with van der Waals surface area (Å²) in [6.07, 6.45) is 2.43. The van der Waals surface area contributed by atoms with E-state index in [1.54, 1.807) is 13.2 Å².